The molecular weight excluding hydrogens is 451 g/mol. The van der Waals surface area contributed by atoms with Crippen LogP contribution >= 0.6 is 0 Å². The molecule has 174 valence electrons. The first-order chi connectivity index (χ1) is 16.9. The van der Waals surface area contributed by atoms with Crippen molar-refractivity contribution < 1.29 is 23.0 Å². The van der Waals surface area contributed by atoms with Crippen LogP contribution in [0.25, 0.3) is 33.2 Å². The summed E-state index contributed by atoms with van der Waals surface area (Å²) in [7, 11) is 0. The maximum Gasteiger partial charge on any atom is 0.418 e. The molecule has 0 bridgehead atoms. The normalized spacial score (nSPS) is 11.5. The first-order valence-electron chi connectivity index (χ1n) is 11.0. The second-order valence-electron chi connectivity index (χ2n) is 8.04. The number of para-hydroxylation sites is 1. The molecule has 0 aliphatic heterocycles. The zero-order valence-electron chi connectivity index (χ0n) is 18.5. The molecule has 6 heteroatoms. The number of aliphatic hydroxyl groups excluding tert-OH is 1. The number of halogens is 3. The van der Waals surface area contributed by atoms with Crippen molar-refractivity contribution in [2.75, 3.05) is 0 Å². The molecular formula is C29H20F3NO2. The van der Waals surface area contributed by atoms with E-state index in [0.717, 1.165) is 22.8 Å². The number of hydrogen-bond acceptors (Lipinski definition) is 3. The lowest BCUT2D eigenvalue weighted by molar-refractivity contribution is -0.136. The average molecular weight is 471 g/mol. The van der Waals surface area contributed by atoms with Gasteiger partial charge in [0.25, 0.3) is 0 Å². The van der Waals surface area contributed by atoms with Crippen molar-refractivity contribution in [3.63, 3.8) is 0 Å². The minimum atomic E-state index is -4.52. The molecule has 0 aliphatic carbocycles. The number of benzene rings is 4. The van der Waals surface area contributed by atoms with Crippen LogP contribution in [0.2, 0.25) is 0 Å². The quantitative estimate of drug-likeness (QED) is 0.284. The topological polar surface area (TPSA) is 42.4 Å². The van der Waals surface area contributed by atoms with E-state index in [0.29, 0.717) is 28.0 Å². The van der Waals surface area contributed by atoms with Crippen molar-refractivity contribution in [3.8, 4) is 33.8 Å². The second kappa shape index (κ2) is 9.24. The van der Waals surface area contributed by atoms with Crippen LogP contribution < -0.4 is 4.74 Å². The fourth-order valence-electron chi connectivity index (χ4n) is 4.11. The summed E-state index contributed by atoms with van der Waals surface area (Å²) >= 11 is 0. The number of alkyl halides is 3. The third kappa shape index (κ3) is 4.61. The first-order valence-corrected chi connectivity index (χ1v) is 11.0. The maximum absolute atomic E-state index is 13.8. The third-order valence-electron chi connectivity index (χ3n) is 5.75. The molecule has 35 heavy (non-hydrogen) atoms. The van der Waals surface area contributed by atoms with Gasteiger partial charge in [-0.15, -0.1) is 0 Å². The maximum atomic E-state index is 13.8. The van der Waals surface area contributed by atoms with Gasteiger partial charge < -0.3 is 9.84 Å². The van der Waals surface area contributed by atoms with Crippen LogP contribution in [0, 0.1) is 0 Å². The standard InChI is InChI=1S/C29H20F3NO2/c30-29(31,32)26-11-5-10-24-27(25(17-33-28(24)26)20-6-2-1-3-7-20)21-8-4-9-23(16-21)35-22-14-12-19(18-34)13-15-22/h1-17,34H,18H2. The van der Waals surface area contributed by atoms with Crippen molar-refractivity contribution in [3.05, 3.63) is 114 Å². The highest BCUT2D eigenvalue weighted by atomic mass is 19.4. The summed E-state index contributed by atoms with van der Waals surface area (Å²) in [5.74, 6) is 1.12. The fourth-order valence-corrected chi connectivity index (χ4v) is 4.11. The predicted octanol–water partition coefficient (Wildman–Crippen LogP) is 7.87. The highest BCUT2D eigenvalue weighted by Gasteiger charge is 2.33. The highest BCUT2D eigenvalue weighted by Crippen LogP contribution is 2.42. The van der Waals surface area contributed by atoms with Crippen LogP contribution in [0.4, 0.5) is 13.2 Å². The molecule has 0 saturated carbocycles. The minimum absolute atomic E-state index is 0.0624. The number of aromatic nitrogens is 1. The summed E-state index contributed by atoms with van der Waals surface area (Å²) in [5, 5.41) is 9.65. The zero-order chi connectivity index (χ0) is 24.4. The molecule has 5 aromatic rings. The van der Waals surface area contributed by atoms with Crippen LogP contribution in [0.15, 0.2) is 103 Å². The Kier molecular flexibility index (Phi) is 5.97. The summed E-state index contributed by atoms with van der Waals surface area (Å²) < 4.78 is 47.3. The molecule has 3 nitrogen and oxygen atoms in total. The number of rotatable bonds is 5. The Balaban J connectivity index is 1.69. The Hall–Kier alpha value is -4.16. The van der Waals surface area contributed by atoms with E-state index in [-0.39, 0.29) is 12.1 Å². The Labute approximate surface area is 200 Å². The average Bonchev–Trinajstić information content (AvgIpc) is 2.88. The lowest BCUT2D eigenvalue weighted by Crippen LogP contribution is -2.07. The smallest absolute Gasteiger partial charge is 0.418 e. The molecule has 0 radical (unpaired) electrons. The lowest BCUT2D eigenvalue weighted by Gasteiger charge is -2.17. The molecule has 0 fully saturated rings. The third-order valence-corrected chi connectivity index (χ3v) is 5.75. The van der Waals surface area contributed by atoms with Gasteiger partial charge in [-0.25, -0.2) is 0 Å². The van der Waals surface area contributed by atoms with Crippen molar-refractivity contribution in [1.82, 2.24) is 4.98 Å². The van der Waals surface area contributed by atoms with E-state index in [1.165, 1.54) is 12.3 Å². The molecule has 4 aromatic carbocycles. The fraction of sp³-hybridized carbons (Fsp3) is 0.0690. The van der Waals surface area contributed by atoms with Gasteiger partial charge in [-0.3, -0.25) is 4.98 Å². The monoisotopic (exact) mass is 471 g/mol. The number of ether oxygens (including phenoxy) is 1. The second-order valence-corrected chi connectivity index (χ2v) is 8.04. The van der Waals surface area contributed by atoms with Crippen LogP contribution in [-0.4, -0.2) is 10.1 Å². The summed E-state index contributed by atoms with van der Waals surface area (Å²) in [6.07, 6.45) is -3.02. The van der Waals surface area contributed by atoms with Crippen molar-refractivity contribution in [2.24, 2.45) is 0 Å². The van der Waals surface area contributed by atoms with Gasteiger partial charge >= 0.3 is 6.18 Å². The van der Waals surface area contributed by atoms with Crippen molar-refractivity contribution in [2.45, 2.75) is 12.8 Å². The minimum Gasteiger partial charge on any atom is -0.457 e. The van der Waals surface area contributed by atoms with Gasteiger partial charge in [0, 0.05) is 22.7 Å². The van der Waals surface area contributed by atoms with Crippen LogP contribution in [0.1, 0.15) is 11.1 Å². The largest absolute Gasteiger partial charge is 0.457 e. The Morgan fingerprint density at radius 2 is 1.46 bits per heavy atom. The zero-order valence-corrected chi connectivity index (χ0v) is 18.5. The summed E-state index contributed by atoms with van der Waals surface area (Å²) in [6.45, 7) is -0.0624. The number of aliphatic hydroxyl groups is 1. The molecule has 0 saturated heterocycles. The number of fused-ring (bicyclic) bond motifs is 1. The predicted molar refractivity (Wildman–Crippen MR) is 130 cm³/mol. The van der Waals surface area contributed by atoms with E-state index in [9.17, 15) is 18.3 Å². The summed E-state index contributed by atoms with van der Waals surface area (Å²) in [5.41, 5.74) is 2.82. The van der Waals surface area contributed by atoms with E-state index in [1.807, 2.05) is 36.4 Å². The molecule has 0 unspecified atom stereocenters. The molecule has 1 N–H and O–H groups in total. The summed E-state index contributed by atoms with van der Waals surface area (Å²) in [6, 6.07) is 27.9. The van der Waals surface area contributed by atoms with Gasteiger partial charge in [0.1, 0.15) is 11.5 Å². The molecule has 0 atom stereocenters. The Bertz CT molecular complexity index is 1480. The molecule has 0 amide bonds. The van der Waals surface area contributed by atoms with Gasteiger partial charge in [0.15, 0.2) is 0 Å². The Morgan fingerprint density at radius 1 is 0.743 bits per heavy atom. The molecule has 0 aliphatic rings. The van der Waals surface area contributed by atoms with Crippen LogP contribution in [-0.2, 0) is 12.8 Å². The van der Waals surface area contributed by atoms with E-state index in [1.54, 1.807) is 48.5 Å². The molecule has 0 spiro atoms. The van der Waals surface area contributed by atoms with Gasteiger partial charge in [-0.1, -0.05) is 66.7 Å². The molecule has 5 rings (SSSR count). The van der Waals surface area contributed by atoms with Gasteiger partial charge in [0.2, 0.25) is 0 Å². The number of nitrogens with zero attached hydrogens (tertiary/aromatic N) is 1. The SMILES string of the molecule is OCc1ccc(Oc2cccc(-c3c(-c4ccccc4)cnc4c(C(F)(F)F)cccc34)c2)cc1. The van der Waals surface area contributed by atoms with E-state index in [2.05, 4.69) is 4.98 Å². The van der Waals surface area contributed by atoms with Crippen LogP contribution in [0.5, 0.6) is 11.5 Å². The highest BCUT2D eigenvalue weighted by molar-refractivity contribution is 6.03. The van der Waals surface area contributed by atoms with Gasteiger partial charge in [-0.2, -0.15) is 13.2 Å². The van der Waals surface area contributed by atoms with Gasteiger partial charge in [0.05, 0.1) is 17.7 Å². The summed E-state index contributed by atoms with van der Waals surface area (Å²) in [4.78, 5) is 4.24. The first kappa shape index (κ1) is 22.6. The van der Waals surface area contributed by atoms with E-state index < -0.39 is 11.7 Å². The Morgan fingerprint density at radius 3 is 2.17 bits per heavy atom. The molecule has 1 aromatic heterocycles. The van der Waals surface area contributed by atoms with E-state index in [4.69, 9.17) is 4.74 Å². The number of hydrogen-bond donors (Lipinski definition) is 1. The van der Waals surface area contributed by atoms with E-state index >= 15 is 0 Å². The van der Waals surface area contributed by atoms with Crippen molar-refractivity contribution in [1.29, 1.82) is 0 Å². The van der Waals surface area contributed by atoms with Crippen molar-refractivity contribution >= 4 is 10.9 Å². The molecule has 1 heterocycles. The number of pyridine rings is 1. The van der Waals surface area contributed by atoms with Crippen LogP contribution in [0.3, 0.4) is 0 Å². The lowest BCUT2D eigenvalue weighted by atomic mass is 9.91. The van der Waals surface area contributed by atoms with Gasteiger partial charge in [-0.05, 0) is 47.0 Å².